The molecule has 6 nitrogen and oxygen atoms in total. The maximum atomic E-state index is 11.2. The fraction of sp³-hybridized carbons (Fsp3) is 0.556. The molecule has 0 saturated heterocycles. The van der Waals surface area contributed by atoms with Crippen molar-refractivity contribution in [3.05, 3.63) is 0 Å². The molecule has 0 rings (SSSR count). The summed E-state index contributed by atoms with van der Waals surface area (Å²) < 4.78 is 0. The molecule has 6 heteroatoms. The molecule has 15 heavy (non-hydrogen) atoms. The van der Waals surface area contributed by atoms with Gasteiger partial charge >= 0.3 is 17.7 Å². The molecule has 0 aromatic rings. The predicted octanol–water partition coefficient (Wildman–Crippen LogP) is -0.0439. The van der Waals surface area contributed by atoms with E-state index in [4.69, 9.17) is 10.2 Å². The summed E-state index contributed by atoms with van der Waals surface area (Å²) in [4.78, 5) is 43.0. The zero-order chi connectivity index (χ0) is 12.4. The van der Waals surface area contributed by atoms with E-state index >= 15 is 0 Å². The molecule has 84 valence electrons. The van der Waals surface area contributed by atoms with Crippen LogP contribution < -0.4 is 0 Å². The van der Waals surface area contributed by atoms with Crippen LogP contribution in [0, 0.1) is 11.3 Å². The highest BCUT2D eigenvalue weighted by molar-refractivity contribution is 6.62. The smallest absolute Gasteiger partial charge is 0.380 e. The first kappa shape index (κ1) is 13.3. The van der Waals surface area contributed by atoms with Gasteiger partial charge in [-0.15, -0.1) is 0 Å². The van der Waals surface area contributed by atoms with E-state index in [1.165, 1.54) is 20.8 Å². The molecule has 0 spiro atoms. The van der Waals surface area contributed by atoms with E-state index < -0.39 is 34.8 Å². The van der Waals surface area contributed by atoms with Gasteiger partial charge in [-0.25, -0.2) is 4.79 Å². The highest BCUT2D eigenvalue weighted by Gasteiger charge is 2.42. The lowest BCUT2D eigenvalue weighted by molar-refractivity contribution is -0.159. The Morgan fingerprint density at radius 2 is 1.47 bits per heavy atom. The van der Waals surface area contributed by atoms with Crippen LogP contribution in [0.3, 0.4) is 0 Å². The van der Waals surface area contributed by atoms with Crippen molar-refractivity contribution in [2.75, 3.05) is 0 Å². The van der Waals surface area contributed by atoms with Crippen molar-refractivity contribution in [1.82, 2.24) is 0 Å². The standard InChI is InChI=1S/C9H12O6/c1-4(9(2,3)8(14)15)5(10)6(11)7(12)13/h4H,1-3H3,(H,12,13)(H,14,15). The normalized spacial score (nSPS) is 13.0. The van der Waals surface area contributed by atoms with E-state index in [0.29, 0.717) is 0 Å². The third-order valence-corrected chi connectivity index (χ3v) is 2.45. The largest absolute Gasteiger partial charge is 0.481 e. The van der Waals surface area contributed by atoms with Gasteiger partial charge in [-0.05, 0) is 13.8 Å². The molecule has 1 atom stereocenters. The van der Waals surface area contributed by atoms with Crippen LogP contribution in [0.15, 0.2) is 0 Å². The van der Waals surface area contributed by atoms with Crippen molar-refractivity contribution in [2.45, 2.75) is 20.8 Å². The molecular formula is C9H12O6. The van der Waals surface area contributed by atoms with Crippen molar-refractivity contribution in [1.29, 1.82) is 0 Å². The summed E-state index contributed by atoms with van der Waals surface area (Å²) in [6, 6.07) is 0. The topological polar surface area (TPSA) is 109 Å². The number of rotatable bonds is 5. The van der Waals surface area contributed by atoms with Crippen molar-refractivity contribution in [3.8, 4) is 0 Å². The van der Waals surface area contributed by atoms with Gasteiger partial charge < -0.3 is 10.2 Å². The van der Waals surface area contributed by atoms with Crippen LogP contribution in [0.1, 0.15) is 20.8 Å². The molecule has 0 aliphatic rings. The van der Waals surface area contributed by atoms with Crippen LogP contribution in [0.5, 0.6) is 0 Å². The Labute approximate surface area is 85.9 Å². The van der Waals surface area contributed by atoms with E-state index in [0.717, 1.165) is 0 Å². The summed E-state index contributed by atoms with van der Waals surface area (Å²) in [5.41, 5.74) is -1.47. The number of carboxylic acids is 2. The van der Waals surface area contributed by atoms with Gasteiger partial charge in [0.05, 0.1) is 5.41 Å². The number of Topliss-reactive ketones (excluding diaryl/α,β-unsaturated/α-hetero) is 2. The average Bonchev–Trinajstić information content (AvgIpc) is 2.13. The maximum Gasteiger partial charge on any atom is 0.380 e. The lowest BCUT2D eigenvalue weighted by atomic mass is 9.77. The maximum absolute atomic E-state index is 11.2. The Hall–Kier alpha value is -1.72. The van der Waals surface area contributed by atoms with Crippen molar-refractivity contribution < 1.29 is 29.4 Å². The fourth-order valence-corrected chi connectivity index (χ4v) is 0.815. The van der Waals surface area contributed by atoms with E-state index in [1.807, 2.05) is 0 Å². The van der Waals surface area contributed by atoms with Crippen LogP contribution in [0.4, 0.5) is 0 Å². The third-order valence-electron chi connectivity index (χ3n) is 2.45. The van der Waals surface area contributed by atoms with E-state index in [9.17, 15) is 19.2 Å². The highest BCUT2D eigenvalue weighted by atomic mass is 16.4. The van der Waals surface area contributed by atoms with Crippen LogP contribution in [0.2, 0.25) is 0 Å². The Kier molecular flexibility index (Phi) is 3.72. The zero-order valence-electron chi connectivity index (χ0n) is 8.60. The van der Waals surface area contributed by atoms with Gasteiger partial charge in [-0.3, -0.25) is 14.4 Å². The third kappa shape index (κ3) is 2.61. The minimum absolute atomic E-state index is 1.18. The summed E-state index contributed by atoms with van der Waals surface area (Å²) in [6.45, 7) is 3.73. The summed E-state index contributed by atoms with van der Waals surface area (Å²) in [6.07, 6.45) is 0. The van der Waals surface area contributed by atoms with Crippen molar-refractivity contribution in [2.24, 2.45) is 11.3 Å². The molecule has 0 fully saturated rings. The number of ketones is 2. The van der Waals surface area contributed by atoms with E-state index in [1.54, 1.807) is 0 Å². The monoisotopic (exact) mass is 216 g/mol. The number of carbonyl (C=O) groups is 4. The second-order valence-electron chi connectivity index (χ2n) is 3.75. The molecule has 1 unspecified atom stereocenters. The molecule has 0 radical (unpaired) electrons. The minimum Gasteiger partial charge on any atom is -0.481 e. The molecule has 0 saturated carbocycles. The van der Waals surface area contributed by atoms with Gasteiger partial charge in [0.15, 0.2) is 0 Å². The van der Waals surface area contributed by atoms with Crippen LogP contribution in [-0.2, 0) is 19.2 Å². The second kappa shape index (κ2) is 4.20. The summed E-state index contributed by atoms with van der Waals surface area (Å²) >= 11 is 0. The zero-order valence-corrected chi connectivity index (χ0v) is 8.60. The van der Waals surface area contributed by atoms with Gasteiger partial charge in [0, 0.05) is 5.92 Å². The lowest BCUT2D eigenvalue weighted by Crippen LogP contribution is -2.40. The van der Waals surface area contributed by atoms with Gasteiger partial charge in [0.25, 0.3) is 0 Å². The van der Waals surface area contributed by atoms with Crippen LogP contribution in [0.25, 0.3) is 0 Å². The van der Waals surface area contributed by atoms with Crippen molar-refractivity contribution in [3.63, 3.8) is 0 Å². The first-order valence-corrected chi connectivity index (χ1v) is 4.17. The Morgan fingerprint density at radius 1 is 1.07 bits per heavy atom. The molecule has 0 aromatic carbocycles. The molecule has 0 aromatic heterocycles. The highest BCUT2D eigenvalue weighted by Crippen LogP contribution is 2.27. The Balaban J connectivity index is 4.96. The number of aliphatic carboxylic acids is 2. The van der Waals surface area contributed by atoms with Crippen LogP contribution >= 0.6 is 0 Å². The van der Waals surface area contributed by atoms with Gasteiger partial charge in [-0.2, -0.15) is 0 Å². The molecule has 0 aliphatic carbocycles. The molecule has 0 aliphatic heterocycles. The quantitative estimate of drug-likeness (QED) is 0.492. The molecule has 0 amide bonds. The number of hydrogen-bond donors (Lipinski definition) is 2. The minimum atomic E-state index is -1.87. The number of carboxylic acid groups (broad SMARTS) is 2. The first-order chi connectivity index (χ1) is 6.62. The van der Waals surface area contributed by atoms with Gasteiger partial charge in [0.1, 0.15) is 0 Å². The van der Waals surface area contributed by atoms with Crippen LogP contribution in [-0.4, -0.2) is 33.7 Å². The summed E-state index contributed by atoms with van der Waals surface area (Å²) in [5, 5.41) is 17.1. The summed E-state index contributed by atoms with van der Waals surface area (Å²) in [5.74, 6) is -7.10. The van der Waals surface area contributed by atoms with Gasteiger partial charge in [0.2, 0.25) is 5.78 Å². The Bertz CT molecular complexity index is 327. The molecular weight excluding hydrogens is 204 g/mol. The average molecular weight is 216 g/mol. The molecule has 0 bridgehead atoms. The molecule has 0 heterocycles. The molecule has 2 N–H and O–H groups in total. The second-order valence-corrected chi connectivity index (χ2v) is 3.75. The number of carbonyl (C=O) groups excluding carboxylic acids is 2. The summed E-state index contributed by atoms with van der Waals surface area (Å²) in [7, 11) is 0. The first-order valence-electron chi connectivity index (χ1n) is 4.17. The fourth-order valence-electron chi connectivity index (χ4n) is 0.815. The van der Waals surface area contributed by atoms with E-state index in [-0.39, 0.29) is 0 Å². The SMILES string of the molecule is CC(C(=O)C(=O)C(=O)O)C(C)(C)C(=O)O. The number of hydrogen-bond acceptors (Lipinski definition) is 4. The van der Waals surface area contributed by atoms with E-state index in [2.05, 4.69) is 0 Å². The predicted molar refractivity (Wildman–Crippen MR) is 48.2 cm³/mol. The Morgan fingerprint density at radius 3 is 1.73 bits per heavy atom. The lowest BCUT2D eigenvalue weighted by Gasteiger charge is -2.24. The van der Waals surface area contributed by atoms with Crippen molar-refractivity contribution >= 4 is 23.5 Å². The van der Waals surface area contributed by atoms with Gasteiger partial charge in [-0.1, -0.05) is 6.92 Å².